The van der Waals surface area contributed by atoms with E-state index >= 15 is 0 Å². The number of hydrogen-bond acceptors (Lipinski definition) is 5. The van der Waals surface area contributed by atoms with E-state index in [-0.39, 0.29) is 5.69 Å². The standard InChI is InChI=1S/C13H11N5O3/c14-13(19)17(11-5-7-15-8-6-11)16-9-10-1-3-12(4-2-10)18(20)21/h1-9H,(H2,14,19)/b16-9+. The van der Waals surface area contributed by atoms with Crippen LogP contribution in [0.3, 0.4) is 0 Å². The van der Waals surface area contributed by atoms with Crippen LogP contribution in [-0.2, 0) is 0 Å². The molecule has 0 saturated heterocycles. The molecule has 2 rings (SSSR count). The Kier molecular flexibility index (Phi) is 4.20. The van der Waals surface area contributed by atoms with Crippen LogP contribution in [0.4, 0.5) is 16.2 Å². The number of nitro groups is 1. The first-order valence-corrected chi connectivity index (χ1v) is 5.86. The topological polar surface area (TPSA) is 115 Å². The van der Waals surface area contributed by atoms with E-state index in [2.05, 4.69) is 10.1 Å². The number of hydrogen-bond donors (Lipinski definition) is 1. The van der Waals surface area contributed by atoms with E-state index in [1.165, 1.54) is 42.9 Å². The molecule has 0 unspecified atom stereocenters. The molecule has 2 N–H and O–H groups in total. The van der Waals surface area contributed by atoms with Gasteiger partial charge in [-0.1, -0.05) is 0 Å². The van der Waals surface area contributed by atoms with Crippen molar-refractivity contribution in [3.63, 3.8) is 0 Å². The summed E-state index contributed by atoms with van der Waals surface area (Å²) in [4.78, 5) is 25.3. The first-order chi connectivity index (χ1) is 10.1. The van der Waals surface area contributed by atoms with Gasteiger partial charge in [-0.15, -0.1) is 0 Å². The highest BCUT2D eigenvalue weighted by Crippen LogP contribution is 2.13. The lowest BCUT2D eigenvalue weighted by molar-refractivity contribution is -0.384. The van der Waals surface area contributed by atoms with Crippen molar-refractivity contribution in [2.45, 2.75) is 0 Å². The lowest BCUT2D eigenvalue weighted by Crippen LogP contribution is -2.31. The van der Waals surface area contributed by atoms with Crippen molar-refractivity contribution in [3.8, 4) is 0 Å². The summed E-state index contributed by atoms with van der Waals surface area (Å²) in [5, 5.41) is 15.5. The molecule has 21 heavy (non-hydrogen) atoms. The normalized spacial score (nSPS) is 10.5. The number of carbonyl (C=O) groups excluding carboxylic acids is 1. The van der Waals surface area contributed by atoms with E-state index in [4.69, 9.17) is 5.73 Å². The highest BCUT2D eigenvalue weighted by Gasteiger charge is 2.10. The predicted octanol–water partition coefficient (Wildman–Crippen LogP) is 1.91. The molecule has 0 bridgehead atoms. The molecule has 1 aromatic heterocycles. The second-order valence-corrected chi connectivity index (χ2v) is 3.95. The van der Waals surface area contributed by atoms with Crippen LogP contribution in [0.2, 0.25) is 0 Å². The molecule has 8 nitrogen and oxygen atoms in total. The van der Waals surface area contributed by atoms with Gasteiger partial charge in [0.2, 0.25) is 0 Å². The quantitative estimate of drug-likeness (QED) is 0.524. The number of urea groups is 1. The van der Waals surface area contributed by atoms with Gasteiger partial charge >= 0.3 is 6.03 Å². The number of nitrogens with two attached hydrogens (primary N) is 1. The maximum Gasteiger partial charge on any atom is 0.340 e. The molecule has 106 valence electrons. The van der Waals surface area contributed by atoms with Crippen LogP contribution in [-0.4, -0.2) is 22.2 Å². The Balaban J connectivity index is 2.21. The van der Waals surface area contributed by atoms with Crippen molar-refractivity contribution in [2.24, 2.45) is 10.8 Å². The minimum absolute atomic E-state index is 0.0203. The first-order valence-electron chi connectivity index (χ1n) is 5.86. The Morgan fingerprint density at radius 3 is 2.38 bits per heavy atom. The summed E-state index contributed by atoms with van der Waals surface area (Å²) < 4.78 is 0. The highest BCUT2D eigenvalue weighted by molar-refractivity contribution is 5.92. The molecular weight excluding hydrogens is 274 g/mol. The van der Waals surface area contributed by atoms with Gasteiger partial charge in [-0.25, -0.2) is 4.79 Å². The third kappa shape index (κ3) is 3.60. The number of non-ortho nitro benzene ring substituents is 1. The SMILES string of the molecule is NC(=O)N(/N=C/c1ccc([N+](=O)[O-])cc1)c1ccncc1. The molecule has 0 aliphatic heterocycles. The summed E-state index contributed by atoms with van der Waals surface area (Å²) in [7, 11) is 0. The molecule has 0 radical (unpaired) electrons. The predicted molar refractivity (Wildman–Crippen MR) is 77.0 cm³/mol. The summed E-state index contributed by atoms with van der Waals surface area (Å²) in [6, 6.07) is 8.15. The Labute approximate surface area is 119 Å². The maximum absolute atomic E-state index is 11.4. The van der Waals surface area contributed by atoms with Crippen LogP contribution in [0.1, 0.15) is 5.56 Å². The number of hydrazone groups is 1. The fourth-order valence-corrected chi connectivity index (χ4v) is 1.54. The van der Waals surface area contributed by atoms with Gasteiger partial charge in [-0.3, -0.25) is 15.1 Å². The van der Waals surface area contributed by atoms with E-state index in [1.54, 1.807) is 12.1 Å². The lowest BCUT2D eigenvalue weighted by atomic mass is 10.2. The summed E-state index contributed by atoms with van der Waals surface area (Å²) in [5.74, 6) is 0. The molecule has 2 amide bonds. The third-order valence-electron chi connectivity index (χ3n) is 2.54. The lowest BCUT2D eigenvalue weighted by Gasteiger charge is -2.13. The van der Waals surface area contributed by atoms with E-state index in [0.717, 1.165) is 5.01 Å². The monoisotopic (exact) mass is 285 g/mol. The summed E-state index contributed by atoms with van der Waals surface area (Å²) >= 11 is 0. The summed E-state index contributed by atoms with van der Waals surface area (Å²) in [6.45, 7) is 0. The van der Waals surface area contributed by atoms with Crippen LogP contribution in [0, 0.1) is 10.1 Å². The Morgan fingerprint density at radius 2 is 1.86 bits per heavy atom. The van der Waals surface area contributed by atoms with Gasteiger partial charge in [-0.2, -0.15) is 10.1 Å². The Bertz CT molecular complexity index is 670. The first kappa shape index (κ1) is 14.1. The van der Waals surface area contributed by atoms with E-state index in [9.17, 15) is 14.9 Å². The molecule has 0 fully saturated rings. The van der Waals surface area contributed by atoms with Crippen LogP contribution >= 0.6 is 0 Å². The van der Waals surface area contributed by atoms with Gasteiger partial charge in [0, 0.05) is 24.5 Å². The van der Waals surface area contributed by atoms with Gasteiger partial charge in [0.05, 0.1) is 16.8 Å². The summed E-state index contributed by atoms with van der Waals surface area (Å²) in [5.41, 5.74) is 6.31. The number of rotatable bonds is 4. The fourth-order valence-electron chi connectivity index (χ4n) is 1.54. The van der Waals surface area contributed by atoms with Gasteiger partial charge in [0.1, 0.15) is 0 Å². The minimum atomic E-state index is -0.751. The van der Waals surface area contributed by atoms with Crippen molar-refractivity contribution >= 4 is 23.6 Å². The number of pyridine rings is 1. The second-order valence-electron chi connectivity index (χ2n) is 3.95. The van der Waals surface area contributed by atoms with E-state index in [0.29, 0.717) is 11.3 Å². The van der Waals surface area contributed by atoms with Gasteiger partial charge in [0.25, 0.3) is 5.69 Å². The molecule has 0 aliphatic carbocycles. The molecule has 2 aromatic rings. The smallest absolute Gasteiger partial charge is 0.340 e. The molecule has 0 aliphatic rings. The molecule has 1 aromatic carbocycles. The van der Waals surface area contributed by atoms with Crippen molar-refractivity contribution < 1.29 is 9.72 Å². The molecule has 0 saturated carbocycles. The summed E-state index contributed by atoms with van der Waals surface area (Å²) in [6.07, 6.45) is 4.40. The van der Waals surface area contributed by atoms with Crippen LogP contribution in [0.15, 0.2) is 53.9 Å². The van der Waals surface area contributed by atoms with Crippen molar-refractivity contribution in [1.82, 2.24) is 4.98 Å². The zero-order valence-electron chi connectivity index (χ0n) is 10.8. The second kappa shape index (κ2) is 6.24. The highest BCUT2D eigenvalue weighted by atomic mass is 16.6. The Hall–Kier alpha value is -3.29. The van der Waals surface area contributed by atoms with Crippen molar-refractivity contribution in [3.05, 3.63) is 64.5 Å². The van der Waals surface area contributed by atoms with Crippen LogP contribution < -0.4 is 10.7 Å². The molecule has 0 spiro atoms. The maximum atomic E-state index is 11.4. The number of nitro benzene ring substituents is 1. The molecule has 1 heterocycles. The van der Waals surface area contributed by atoms with Crippen LogP contribution in [0.5, 0.6) is 0 Å². The van der Waals surface area contributed by atoms with E-state index < -0.39 is 11.0 Å². The van der Waals surface area contributed by atoms with Gasteiger partial charge in [-0.05, 0) is 29.8 Å². The Morgan fingerprint density at radius 1 is 1.24 bits per heavy atom. The number of nitrogens with zero attached hydrogens (tertiary/aromatic N) is 4. The van der Waals surface area contributed by atoms with Gasteiger partial charge < -0.3 is 5.73 Å². The molecule has 0 atom stereocenters. The number of carbonyl (C=O) groups is 1. The largest absolute Gasteiger partial charge is 0.350 e. The number of benzene rings is 1. The van der Waals surface area contributed by atoms with E-state index in [1.807, 2.05) is 0 Å². The minimum Gasteiger partial charge on any atom is -0.350 e. The average molecular weight is 285 g/mol. The zero-order valence-corrected chi connectivity index (χ0v) is 10.8. The zero-order chi connectivity index (χ0) is 15.2. The molecule has 8 heteroatoms. The third-order valence-corrected chi connectivity index (χ3v) is 2.54. The number of amides is 2. The van der Waals surface area contributed by atoms with Crippen molar-refractivity contribution in [1.29, 1.82) is 0 Å². The molecular formula is C13H11N5O3. The number of aromatic nitrogens is 1. The van der Waals surface area contributed by atoms with Crippen LogP contribution in [0.25, 0.3) is 0 Å². The number of anilines is 1. The van der Waals surface area contributed by atoms with Crippen molar-refractivity contribution in [2.75, 3.05) is 5.01 Å². The number of primary amides is 1. The fraction of sp³-hybridized carbons (Fsp3) is 0. The van der Waals surface area contributed by atoms with Gasteiger partial charge in [0.15, 0.2) is 0 Å². The average Bonchev–Trinajstić information content (AvgIpc) is 2.48.